The minimum absolute atomic E-state index is 0.151. The largest absolute Gasteiger partial charge is 0.356 e. The van der Waals surface area contributed by atoms with Crippen LogP contribution in [0.2, 0.25) is 0 Å². The molecule has 3 heteroatoms. The minimum atomic E-state index is -0.240. The van der Waals surface area contributed by atoms with Crippen molar-refractivity contribution in [3.8, 4) is 0 Å². The third-order valence-corrected chi connectivity index (χ3v) is 3.82. The van der Waals surface area contributed by atoms with Crippen molar-refractivity contribution >= 4 is 5.91 Å². The summed E-state index contributed by atoms with van der Waals surface area (Å²) in [6.07, 6.45) is 6.33. The van der Waals surface area contributed by atoms with Crippen LogP contribution in [-0.4, -0.2) is 18.0 Å². The molecule has 0 unspecified atom stereocenters. The number of hydrogen-bond acceptors (Lipinski definition) is 2. The summed E-state index contributed by atoms with van der Waals surface area (Å²) in [6.45, 7) is 6.99. The molecule has 0 saturated heterocycles. The fourth-order valence-corrected chi connectivity index (χ4v) is 2.14. The zero-order valence-electron chi connectivity index (χ0n) is 10.9. The number of amides is 1. The molecule has 1 amide bonds. The fourth-order valence-electron chi connectivity index (χ4n) is 2.14. The van der Waals surface area contributed by atoms with Crippen molar-refractivity contribution in [1.82, 2.24) is 5.32 Å². The van der Waals surface area contributed by atoms with Crippen LogP contribution in [0.5, 0.6) is 0 Å². The second-order valence-electron chi connectivity index (χ2n) is 5.97. The first kappa shape index (κ1) is 13.5. The van der Waals surface area contributed by atoms with Crippen LogP contribution in [0, 0.1) is 5.41 Å². The summed E-state index contributed by atoms with van der Waals surface area (Å²) < 4.78 is 0. The summed E-state index contributed by atoms with van der Waals surface area (Å²) in [5.41, 5.74) is 6.02. The molecule has 0 aliphatic heterocycles. The van der Waals surface area contributed by atoms with Crippen LogP contribution in [0.15, 0.2) is 0 Å². The van der Waals surface area contributed by atoms with Crippen LogP contribution in [0.1, 0.15) is 59.3 Å². The average Bonchev–Trinajstić information content (AvgIpc) is 2.13. The van der Waals surface area contributed by atoms with Gasteiger partial charge in [0.1, 0.15) is 0 Å². The van der Waals surface area contributed by atoms with Crippen LogP contribution >= 0.6 is 0 Å². The summed E-state index contributed by atoms with van der Waals surface area (Å²) in [6, 6.07) is 0. The summed E-state index contributed by atoms with van der Waals surface area (Å²) in [5.74, 6) is 0.151. The second kappa shape index (κ2) is 5.17. The van der Waals surface area contributed by atoms with E-state index in [1.165, 1.54) is 25.7 Å². The summed E-state index contributed by atoms with van der Waals surface area (Å²) in [7, 11) is 0. The van der Waals surface area contributed by atoms with Gasteiger partial charge in [-0.05, 0) is 44.9 Å². The van der Waals surface area contributed by atoms with Crippen molar-refractivity contribution in [3.63, 3.8) is 0 Å². The highest BCUT2D eigenvalue weighted by molar-refractivity contribution is 5.76. The van der Waals surface area contributed by atoms with Crippen molar-refractivity contribution in [3.05, 3.63) is 0 Å². The Kier molecular flexibility index (Phi) is 4.36. The Morgan fingerprint density at radius 1 is 1.44 bits per heavy atom. The normalized spacial score (nSPS) is 19.0. The van der Waals surface area contributed by atoms with Crippen molar-refractivity contribution in [2.75, 3.05) is 6.54 Å². The summed E-state index contributed by atoms with van der Waals surface area (Å²) >= 11 is 0. The molecule has 0 spiro atoms. The van der Waals surface area contributed by atoms with Crippen LogP contribution in [0.4, 0.5) is 0 Å². The zero-order valence-corrected chi connectivity index (χ0v) is 10.9. The van der Waals surface area contributed by atoms with Gasteiger partial charge in [-0.25, -0.2) is 0 Å². The van der Waals surface area contributed by atoms with Gasteiger partial charge in [-0.1, -0.05) is 13.3 Å². The van der Waals surface area contributed by atoms with Crippen LogP contribution in [0.3, 0.4) is 0 Å². The number of rotatable bonds is 6. The number of nitrogens with one attached hydrogen (secondary N) is 1. The second-order valence-corrected chi connectivity index (χ2v) is 5.97. The van der Waals surface area contributed by atoms with Gasteiger partial charge in [0.05, 0.1) is 0 Å². The van der Waals surface area contributed by atoms with Crippen molar-refractivity contribution in [1.29, 1.82) is 0 Å². The maximum absolute atomic E-state index is 11.6. The van der Waals surface area contributed by atoms with E-state index in [1.807, 2.05) is 13.8 Å². The molecule has 0 heterocycles. The van der Waals surface area contributed by atoms with Gasteiger partial charge < -0.3 is 11.1 Å². The van der Waals surface area contributed by atoms with Gasteiger partial charge in [-0.3, -0.25) is 4.79 Å². The number of carbonyl (C=O) groups is 1. The van der Waals surface area contributed by atoms with Gasteiger partial charge in [0.15, 0.2) is 0 Å². The molecule has 0 aromatic rings. The van der Waals surface area contributed by atoms with E-state index < -0.39 is 0 Å². The molecule has 0 radical (unpaired) electrons. The van der Waals surface area contributed by atoms with Crippen LogP contribution in [0.25, 0.3) is 0 Å². The Balaban J connectivity index is 2.20. The molecular formula is C13H26N2O. The molecule has 1 aliphatic carbocycles. The van der Waals surface area contributed by atoms with Crippen molar-refractivity contribution in [2.45, 2.75) is 64.8 Å². The predicted molar refractivity (Wildman–Crippen MR) is 67.1 cm³/mol. The van der Waals surface area contributed by atoms with E-state index in [-0.39, 0.29) is 11.4 Å². The molecule has 0 aromatic carbocycles. The standard InChI is InChI=1S/C13H26N2O/c1-4-13(7-5-8-13)10-15-11(16)6-9-12(2,3)14/h4-10,14H2,1-3H3,(H,15,16). The first-order valence-electron chi connectivity index (χ1n) is 6.42. The quantitative estimate of drug-likeness (QED) is 0.729. The van der Waals surface area contributed by atoms with E-state index in [0.29, 0.717) is 11.8 Å². The third-order valence-electron chi connectivity index (χ3n) is 3.82. The lowest BCUT2D eigenvalue weighted by Crippen LogP contribution is -2.42. The Morgan fingerprint density at radius 3 is 2.44 bits per heavy atom. The first-order chi connectivity index (χ1) is 7.37. The van der Waals surface area contributed by atoms with Crippen molar-refractivity contribution in [2.24, 2.45) is 11.1 Å². The molecule has 0 aromatic heterocycles. The monoisotopic (exact) mass is 226 g/mol. The molecule has 1 saturated carbocycles. The molecule has 1 fully saturated rings. The first-order valence-corrected chi connectivity index (χ1v) is 6.42. The third kappa shape index (κ3) is 4.12. The van der Waals surface area contributed by atoms with E-state index >= 15 is 0 Å². The maximum atomic E-state index is 11.6. The van der Waals surface area contributed by atoms with Gasteiger partial charge in [0.2, 0.25) is 5.91 Å². The Hall–Kier alpha value is -0.570. The molecular weight excluding hydrogens is 200 g/mol. The van der Waals surface area contributed by atoms with Crippen molar-refractivity contribution < 1.29 is 4.79 Å². The molecule has 16 heavy (non-hydrogen) atoms. The maximum Gasteiger partial charge on any atom is 0.220 e. The highest BCUT2D eigenvalue weighted by Gasteiger charge is 2.35. The molecule has 3 N–H and O–H groups in total. The van der Waals surface area contributed by atoms with E-state index in [1.54, 1.807) is 0 Å². The Bertz CT molecular complexity index is 233. The lowest BCUT2D eigenvalue weighted by Gasteiger charge is -2.41. The van der Waals surface area contributed by atoms with Gasteiger partial charge >= 0.3 is 0 Å². The Morgan fingerprint density at radius 2 is 2.06 bits per heavy atom. The van der Waals surface area contributed by atoms with Gasteiger partial charge in [-0.2, -0.15) is 0 Å². The van der Waals surface area contributed by atoms with E-state index in [4.69, 9.17) is 5.73 Å². The molecule has 1 aliphatic rings. The van der Waals surface area contributed by atoms with E-state index in [9.17, 15) is 4.79 Å². The van der Waals surface area contributed by atoms with Gasteiger partial charge in [0, 0.05) is 18.5 Å². The highest BCUT2D eigenvalue weighted by atomic mass is 16.1. The van der Waals surface area contributed by atoms with Gasteiger partial charge in [0.25, 0.3) is 0 Å². The topological polar surface area (TPSA) is 55.1 Å². The number of hydrogen-bond donors (Lipinski definition) is 2. The number of carbonyl (C=O) groups excluding carboxylic acids is 1. The average molecular weight is 226 g/mol. The van der Waals surface area contributed by atoms with Gasteiger partial charge in [-0.15, -0.1) is 0 Å². The molecule has 94 valence electrons. The lowest BCUT2D eigenvalue weighted by atomic mass is 9.67. The highest BCUT2D eigenvalue weighted by Crippen LogP contribution is 2.43. The van der Waals surface area contributed by atoms with E-state index in [2.05, 4.69) is 12.2 Å². The lowest BCUT2D eigenvalue weighted by molar-refractivity contribution is -0.122. The van der Waals surface area contributed by atoms with E-state index in [0.717, 1.165) is 13.0 Å². The van der Waals surface area contributed by atoms with Crippen LogP contribution in [-0.2, 0) is 4.79 Å². The summed E-state index contributed by atoms with van der Waals surface area (Å²) in [5, 5.41) is 3.05. The molecule has 0 bridgehead atoms. The fraction of sp³-hybridized carbons (Fsp3) is 0.923. The SMILES string of the molecule is CCC1(CNC(=O)CCC(C)(C)N)CCC1. The zero-order chi connectivity index (χ0) is 12.2. The number of nitrogens with two attached hydrogens (primary N) is 1. The van der Waals surface area contributed by atoms with Crippen LogP contribution < -0.4 is 11.1 Å². The molecule has 0 atom stereocenters. The smallest absolute Gasteiger partial charge is 0.220 e. The predicted octanol–water partition coefficient (Wildman–Crippen LogP) is 2.20. The Labute approximate surface area is 99.2 Å². The summed E-state index contributed by atoms with van der Waals surface area (Å²) in [4.78, 5) is 11.6. The molecule has 3 nitrogen and oxygen atoms in total. The minimum Gasteiger partial charge on any atom is -0.356 e. The molecule has 1 rings (SSSR count).